The summed E-state index contributed by atoms with van der Waals surface area (Å²) in [7, 11) is 0. The number of nitrogen functional groups attached to an aromatic ring is 1. The monoisotopic (exact) mass is 469 g/mol. The molecule has 0 fully saturated rings. The van der Waals surface area contributed by atoms with Crippen molar-refractivity contribution in [3.05, 3.63) is 65.0 Å². The van der Waals surface area contributed by atoms with Gasteiger partial charge in [0.2, 0.25) is 0 Å². The molecule has 0 spiro atoms. The average molecular weight is 469 g/mol. The molecule has 2 aliphatic heterocycles. The molecule has 0 amide bonds. The largest absolute Gasteiger partial charge is 0.481 e. The Bertz CT molecular complexity index is 1420. The molecule has 176 valence electrons. The van der Waals surface area contributed by atoms with Crippen LogP contribution in [0.25, 0.3) is 43.4 Å². The van der Waals surface area contributed by atoms with Gasteiger partial charge in [-0.15, -0.1) is 0 Å². The number of nitrogens with two attached hydrogens (primary N) is 1. The van der Waals surface area contributed by atoms with Gasteiger partial charge in [0, 0.05) is 29.4 Å². The molecule has 34 heavy (non-hydrogen) atoms. The molecule has 0 atom stereocenters. The molecule has 3 rings (SSSR count). The van der Waals surface area contributed by atoms with E-state index in [0.717, 1.165) is 0 Å². The van der Waals surface area contributed by atoms with E-state index in [0.29, 0.717) is 33.3 Å². The van der Waals surface area contributed by atoms with Gasteiger partial charge in [0.25, 0.3) is 0 Å². The summed E-state index contributed by atoms with van der Waals surface area (Å²) in [6, 6.07) is 3.23. The average Bonchev–Trinajstić information content (AvgIpc) is 2.81. The highest BCUT2D eigenvalue weighted by molar-refractivity contribution is 5.81. The standard InChI is InChI=1S/C18H19N11O5/c19-26-22-8-10-6-12-13(7-11(10)9-23-27-20)28(3-5-34-4-1-2-14(30)31)16-15(24-12)17(32)29(21)18(33)25-16/h6-7H,1-5,8-9,21H2,(H,30,31). The van der Waals surface area contributed by atoms with Crippen LogP contribution in [0.4, 0.5) is 0 Å². The van der Waals surface area contributed by atoms with Crippen LogP contribution in [0.2, 0.25) is 0 Å². The van der Waals surface area contributed by atoms with Crippen LogP contribution < -0.4 is 17.1 Å². The van der Waals surface area contributed by atoms with Crippen LogP contribution in [-0.4, -0.2) is 43.5 Å². The number of ether oxygens (including phenoxy) is 1. The molecule has 2 aliphatic rings. The Labute approximate surface area is 189 Å². The van der Waals surface area contributed by atoms with Crippen LogP contribution >= 0.6 is 0 Å². The quantitative estimate of drug-likeness (QED) is 0.103. The first-order valence-corrected chi connectivity index (χ1v) is 9.92. The van der Waals surface area contributed by atoms with Gasteiger partial charge >= 0.3 is 17.2 Å². The lowest BCUT2D eigenvalue weighted by Crippen LogP contribution is -2.43. The van der Waals surface area contributed by atoms with Crippen molar-refractivity contribution in [1.82, 2.24) is 19.2 Å². The normalized spacial score (nSPS) is 10.7. The summed E-state index contributed by atoms with van der Waals surface area (Å²) >= 11 is 0. The lowest BCUT2D eigenvalue weighted by Gasteiger charge is -2.19. The molecular formula is C18H19N11O5. The molecule has 16 nitrogen and oxygen atoms in total. The second-order valence-corrected chi connectivity index (χ2v) is 7.00. The topological polar surface area (TPSA) is 240 Å². The zero-order valence-corrected chi connectivity index (χ0v) is 17.7. The minimum Gasteiger partial charge on any atom is -0.481 e. The lowest BCUT2D eigenvalue weighted by molar-refractivity contribution is -0.137. The number of hydrogen-bond acceptors (Lipinski definition) is 9. The number of benzene rings is 1. The Balaban J connectivity index is 2.15. The summed E-state index contributed by atoms with van der Waals surface area (Å²) in [5, 5.41) is 15.8. The van der Waals surface area contributed by atoms with Gasteiger partial charge in [-0.3, -0.25) is 9.59 Å². The number of rotatable bonds is 11. The number of hydrogen-bond donors (Lipinski definition) is 2. The summed E-state index contributed by atoms with van der Waals surface area (Å²) in [5.41, 5.74) is 17.3. The Hall–Kier alpha value is -4.65. The van der Waals surface area contributed by atoms with Crippen LogP contribution in [0, 0.1) is 0 Å². The number of carboxylic acid groups (broad SMARTS) is 1. The molecule has 0 radical (unpaired) electrons. The summed E-state index contributed by atoms with van der Waals surface area (Å²) in [6.45, 7) is 0.360. The van der Waals surface area contributed by atoms with Crippen molar-refractivity contribution in [3.63, 3.8) is 0 Å². The predicted octanol–water partition coefficient (Wildman–Crippen LogP) is 1.27. The van der Waals surface area contributed by atoms with E-state index in [1.165, 1.54) is 0 Å². The highest BCUT2D eigenvalue weighted by Gasteiger charge is 2.21. The van der Waals surface area contributed by atoms with E-state index in [4.69, 9.17) is 26.7 Å². The van der Waals surface area contributed by atoms with E-state index in [1.807, 2.05) is 0 Å². The first kappa shape index (κ1) is 24.0. The third kappa shape index (κ3) is 5.21. The molecular weight excluding hydrogens is 450 g/mol. The minimum atomic E-state index is -0.968. The SMILES string of the molecule is [N-]=[N+]=NCc1cc2nc3c(=O)n(N)c(=O)nc-3n(CCOCCCC(=O)O)c2cc1CN=[N+]=[N-]. The summed E-state index contributed by atoms with van der Waals surface area (Å²) in [6.07, 6.45) is 0.278. The van der Waals surface area contributed by atoms with Gasteiger partial charge in [-0.25, -0.2) is 9.78 Å². The van der Waals surface area contributed by atoms with Gasteiger partial charge in [-0.1, -0.05) is 10.2 Å². The minimum absolute atomic E-state index is 0.0177. The molecule has 0 saturated carbocycles. The highest BCUT2D eigenvalue weighted by atomic mass is 16.5. The van der Waals surface area contributed by atoms with Crippen molar-refractivity contribution in [3.8, 4) is 11.5 Å². The third-order valence-electron chi connectivity index (χ3n) is 4.86. The molecule has 0 aliphatic carbocycles. The van der Waals surface area contributed by atoms with Crippen molar-refractivity contribution in [2.75, 3.05) is 19.1 Å². The highest BCUT2D eigenvalue weighted by Crippen LogP contribution is 2.25. The lowest BCUT2D eigenvalue weighted by atomic mass is 10.1. The fraction of sp³-hybridized carbons (Fsp3) is 0.389. The number of aromatic nitrogens is 4. The van der Waals surface area contributed by atoms with E-state index in [-0.39, 0.29) is 50.8 Å². The second-order valence-electron chi connectivity index (χ2n) is 7.00. The molecule has 2 heterocycles. The first-order valence-electron chi connectivity index (χ1n) is 9.92. The van der Waals surface area contributed by atoms with Gasteiger partial charge in [-0.05, 0) is 40.7 Å². The first-order chi connectivity index (χ1) is 16.4. The maximum atomic E-state index is 12.6. The summed E-state index contributed by atoms with van der Waals surface area (Å²) in [5.74, 6) is 4.55. The molecule has 1 aromatic carbocycles. The van der Waals surface area contributed by atoms with Gasteiger partial charge in [0.15, 0.2) is 11.5 Å². The number of fused-ring (bicyclic) bond motifs is 2. The summed E-state index contributed by atoms with van der Waals surface area (Å²) < 4.78 is 7.40. The van der Waals surface area contributed by atoms with Crippen LogP contribution in [-0.2, 0) is 29.2 Å². The van der Waals surface area contributed by atoms with Crippen molar-refractivity contribution in [2.24, 2.45) is 10.2 Å². The fourth-order valence-corrected chi connectivity index (χ4v) is 3.30. The van der Waals surface area contributed by atoms with E-state index in [2.05, 4.69) is 30.0 Å². The predicted molar refractivity (Wildman–Crippen MR) is 118 cm³/mol. The van der Waals surface area contributed by atoms with Crippen LogP contribution in [0.5, 0.6) is 0 Å². The Morgan fingerprint density at radius 3 is 2.44 bits per heavy atom. The van der Waals surface area contributed by atoms with Gasteiger partial charge in [0.05, 0.1) is 30.7 Å². The van der Waals surface area contributed by atoms with E-state index in [1.54, 1.807) is 16.7 Å². The van der Waals surface area contributed by atoms with Crippen LogP contribution in [0.3, 0.4) is 0 Å². The zero-order chi connectivity index (χ0) is 24.7. The third-order valence-corrected chi connectivity index (χ3v) is 4.86. The molecule has 1 aromatic rings. The van der Waals surface area contributed by atoms with Crippen LogP contribution in [0.1, 0.15) is 24.0 Å². The fourth-order valence-electron chi connectivity index (χ4n) is 3.30. The number of nitrogens with zero attached hydrogens (tertiary/aromatic N) is 10. The van der Waals surface area contributed by atoms with Crippen molar-refractivity contribution >= 4 is 17.0 Å². The summed E-state index contributed by atoms with van der Waals surface area (Å²) in [4.78, 5) is 49.0. The molecule has 0 bridgehead atoms. The molecule has 0 saturated heterocycles. The smallest absolute Gasteiger partial charge is 0.371 e. The Kier molecular flexibility index (Phi) is 7.61. The van der Waals surface area contributed by atoms with Gasteiger partial charge in [0.1, 0.15) is 0 Å². The second kappa shape index (κ2) is 10.8. The Morgan fingerprint density at radius 1 is 1.12 bits per heavy atom. The zero-order valence-electron chi connectivity index (χ0n) is 17.7. The van der Waals surface area contributed by atoms with E-state index >= 15 is 0 Å². The number of azide groups is 2. The maximum Gasteiger partial charge on any atom is 0.371 e. The molecule has 16 heteroatoms. The van der Waals surface area contributed by atoms with Gasteiger partial charge < -0.3 is 20.3 Å². The van der Waals surface area contributed by atoms with Crippen molar-refractivity contribution in [2.45, 2.75) is 32.5 Å². The van der Waals surface area contributed by atoms with Crippen molar-refractivity contribution in [1.29, 1.82) is 0 Å². The van der Waals surface area contributed by atoms with Gasteiger partial charge in [-0.2, -0.15) is 9.66 Å². The van der Waals surface area contributed by atoms with E-state index < -0.39 is 17.2 Å². The number of aliphatic carboxylic acids is 1. The van der Waals surface area contributed by atoms with Crippen molar-refractivity contribution < 1.29 is 14.6 Å². The number of carbonyl (C=O) groups is 1. The number of carboxylic acids is 1. The molecule has 0 aromatic heterocycles. The van der Waals surface area contributed by atoms with E-state index in [9.17, 15) is 14.4 Å². The molecule has 0 unspecified atom stereocenters. The maximum absolute atomic E-state index is 12.6. The van der Waals surface area contributed by atoms with Crippen LogP contribution in [0.15, 0.2) is 32.0 Å². The molecule has 3 N–H and O–H groups in total. The Morgan fingerprint density at radius 2 is 1.79 bits per heavy atom.